The van der Waals surface area contributed by atoms with Crippen LogP contribution in [0.1, 0.15) is 11.1 Å². The van der Waals surface area contributed by atoms with Gasteiger partial charge in [0.25, 0.3) is 0 Å². The molecule has 1 N–H and O–H groups in total. The van der Waals surface area contributed by atoms with Crippen molar-refractivity contribution in [1.29, 1.82) is 0 Å². The number of anilines is 1. The Labute approximate surface area is 167 Å². The lowest BCUT2D eigenvalue weighted by Crippen LogP contribution is -2.07. The zero-order valence-electron chi connectivity index (χ0n) is 13.3. The molecule has 0 saturated carbocycles. The minimum atomic E-state index is -4.40. The van der Waals surface area contributed by atoms with E-state index in [1.165, 1.54) is 6.07 Å². The summed E-state index contributed by atoms with van der Waals surface area (Å²) < 4.78 is 40.2. The second-order valence-corrected chi connectivity index (χ2v) is 7.16. The quantitative estimate of drug-likeness (QED) is 0.417. The third-order valence-electron chi connectivity index (χ3n) is 3.81. The van der Waals surface area contributed by atoms with Gasteiger partial charge in [-0.25, -0.2) is 0 Å². The van der Waals surface area contributed by atoms with Crippen LogP contribution in [0.15, 0.2) is 60.9 Å². The SMILES string of the molecule is FC(F)(F)c1ccc(CNc2ccc(I)c(Cl)c2)c(-c2cccnc2)c1. The lowest BCUT2D eigenvalue weighted by molar-refractivity contribution is -0.137. The van der Waals surface area contributed by atoms with E-state index in [0.717, 1.165) is 27.0 Å². The number of benzene rings is 2. The normalized spacial score (nSPS) is 11.4. The highest BCUT2D eigenvalue weighted by Gasteiger charge is 2.31. The number of halogens is 5. The maximum absolute atomic E-state index is 13.1. The van der Waals surface area contributed by atoms with Gasteiger partial charge < -0.3 is 5.32 Å². The molecule has 1 heterocycles. The second kappa shape index (κ2) is 7.84. The molecule has 3 rings (SSSR count). The molecule has 2 aromatic carbocycles. The highest BCUT2D eigenvalue weighted by molar-refractivity contribution is 14.1. The molecule has 0 atom stereocenters. The fourth-order valence-corrected chi connectivity index (χ4v) is 3.02. The van der Waals surface area contributed by atoms with Gasteiger partial charge in [0.2, 0.25) is 0 Å². The van der Waals surface area contributed by atoms with Crippen molar-refractivity contribution in [2.75, 3.05) is 5.32 Å². The Hall–Kier alpha value is -1.80. The van der Waals surface area contributed by atoms with Crippen molar-refractivity contribution >= 4 is 39.9 Å². The van der Waals surface area contributed by atoms with E-state index in [1.54, 1.807) is 30.6 Å². The molecule has 0 radical (unpaired) electrons. The average Bonchev–Trinajstić information content (AvgIpc) is 2.62. The Balaban J connectivity index is 1.94. The summed E-state index contributed by atoms with van der Waals surface area (Å²) in [6.45, 7) is 0.360. The first-order valence-electron chi connectivity index (χ1n) is 7.64. The summed E-state index contributed by atoms with van der Waals surface area (Å²) in [5.41, 5.74) is 1.98. The van der Waals surface area contributed by atoms with Gasteiger partial charge >= 0.3 is 6.18 Å². The van der Waals surface area contributed by atoms with Gasteiger partial charge in [-0.3, -0.25) is 4.98 Å². The molecule has 0 aliphatic heterocycles. The van der Waals surface area contributed by atoms with Crippen molar-refractivity contribution in [3.8, 4) is 11.1 Å². The van der Waals surface area contributed by atoms with E-state index >= 15 is 0 Å². The predicted octanol–water partition coefficient (Wildman–Crippen LogP) is 6.64. The highest BCUT2D eigenvalue weighted by Crippen LogP contribution is 2.34. The molecule has 0 amide bonds. The molecular formula is C19H13ClF3IN2. The van der Waals surface area contributed by atoms with Gasteiger partial charge in [0.05, 0.1) is 10.6 Å². The van der Waals surface area contributed by atoms with E-state index < -0.39 is 11.7 Å². The summed E-state index contributed by atoms with van der Waals surface area (Å²) in [5, 5.41) is 3.83. The lowest BCUT2D eigenvalue weighted by atomic mass is 9.98. The summed E-state index contributed by atoms with van der Waals surface area (Å²) in [6, 6.07) is 12.7. The molecule has 2 nitrogen and oxygen atoms in total. The van der Waals surface area contributed by atoms with E-state index in [4.69, 9.17) is 11.6 Å². The van der Waals surface area contributed by atoms with Crippen LogP contribution in [0.2, 0.25) is 5.02 Å². The first-order chi connectivity index (χ1) is 12.3. The molecular weight excluding hydrogens is 476 g/mol. The molecule has 0 bridgehead atoms. The monoisotopic (exact) mass is 488 g/mol. The molecule has 0 aliphatic carbocycles. The predicted molar refractivity (Wildman–Crippen MR) is 106 cm³/mol. The maximum atomic E-state index is 13.1. The Morgan fingerprint density at radius 2 is 1.88 bits per heavy atom. The molecule has 0 fully saturated rings. The molecule has 3 aromatic rings. The Morgan fingerprint density at radius 1 is 1.08 bits per heavy atom. The van der Waals surface area contributed by atoms with Crippen LogP contribution in [0.3, 0.4) is 0 Å². The van der Waals surface area contributed by atoms with E-state index in [-0.39, 0.29) is 0 Å². The smallest absolute Gasteiger partial charge is 0.381 e. The molecule has 0 spiro atoms. The average molecular weight is 489 g/mol. The fourth-order valence-electron chi connectivity index (χ4n) is 2.50. The van der Waals surface area contributed by atoms with Crippen molar-refractivity contribution < 1.29 is 13.2 Å². The zero-order valence-corrected chi connectivity index (χ0v) is 16.2. The van der Waals surface area contributed by atoms with Gasteiger partial charge in [-0.1, -0.05) is 23.7 Å². The second-order valence-electron chi connectivity index (χ2n) is 5.59. The van der Waals surface area contributed by atoms with Gasteiger partial charge in [-0.2, -0.15) is 13.2 Å². The summed E-state index contributed by atoms with van der Waals surface area (Å²) in [6.07, 6.45) is -1.25. The number of rotatable bonds is 4. The number of nitrogens with zero attached hydrogens (tertiary/aromatic N) is 1. The van der Waals surface area contributed by atoms with Crippen molar-refractivity contribution in [2.24, 2.45) is 0 Å². The Kier molecular flexibility index (Phi) is 5.72. The zero-order chi connectivity index (χ0) is 18.7. The summed E-state index contributed by atoms with van der Waals surface area (Å²) >= 11 is 8.24. The van der Waals surface area contributed by atoms with Gasteiger partial charge in [0.1, 0.15) is 0 Å². The van der Waals surface area contributed by atoms with Crippen LogP contribution < -0.4 is 5.32 Å². The van der Waals surface area contributed by atoms with Crippen LogP contribution in [0.4, 0.5) is 18.9 Å². The number of aromatic nitrogens is 1. The first-order valence-corrected chi connectivity index (χ1v) is 9.10. The third-order valence-corrected chi connectivity index (χ3v) is 5.38. The molecule has 26 heavy (non-hydrogen) atoms. The summed E-state index contributed by atoms with van der Waals surface area (Å²) in [5.74, 6) is 0. The number of nitrogens with one attached hydrogen (secondary N) is 1. The van der Waals surface area contributed by atoms with E-state index in [1.807, 2.05) is 12.1 Å². The largest absolute Gasteiger partial charge is 0.416 e. The standard InChI is InChI=1S/C19H13ClF3IN2/c20-17-9-15(5-6-18(17)24)26-11-13-3-4-14(19(21,22)23)8-16(13)12-2-1-7-25-10-12/h1-10,26H,11H2. The van der Waals surface area contributed by atoms with Crippen LogP contribution in [0.5, 0.6) is 0 Å². The molecule has 7 heteroatoms. The van der Waals surface area contributed by atoms with Crippen LogP contribution in [0.25, 0.3) is 11.1 Å². The van der Waals surface area contributed by atoms with Gasteiger partial charge in [0, 0.05) is 33.8 Å². The van der Waals surface area contributed by atoms with Gasteiger partial charge in [-0.05, 0) is 70.1 Å². The Bertz CT molecular complexity index is 914. The molecule has 0 unspecified atom stereocenters. The number of hydrogen-bond donors (Lipinski definition) is 1. The topological polar surface area (TPSA) is 24.9 Å². The lowest BCUT2D eigenvalue weighted by Gasteiger charge is -2.15. The van der Waals surface area contributed by atoms with Crippen molar-refractivity contribution in [3.63, 3.8) is 0 Å². The molecule has 134 valence electrons. The number of pyridine rings is 1. The fraction of sp³-hybridized carbons (Fsp3) is 0.105. The van der Waals surface area contributed by atoms with Crippen LogP contribution in [-0.2, 0) is 12.7 Å². The van der Waals surface area contributed by atoms with Crippen LogP contribution in [0, 0.1) is 3.57 Å². The summed E-state index contributed by atoms with van der Waals surface area (Å²) in [4.78, 5) is 4.01. The summed E-state index contributed by atoms with van der Waals surface area (Å²) in [7, 11) is 0. The molecule has 0 saturated heterocycles. The maximum Gasteiger partial charge on any atom is 0.416 e. The minimum absolute atomic E-state index is 0.360. The van der Waals surface area contributed by atoms with Crippen LogP contribution >= 0.6 is 34.2 Å². The van der Waals surface area contributed by atoms with Gasteiger partial charge in [-0.15, -0.1) is 0 Å². The molecule has 0 aliphatic rings. The molecule has 1 aromatic heterocycles. The third kappa shape index (κ3) is 4.48. The minimum Gasteiger partial charge on any atom is -0.381 e. The van der Waals surface area contributed by atoms with E-state index in [9.17, 15) is 13.2 Å². The van der Waals surface area contributed by atoms with E-state index in [2.05, 4.69) is 32.9 Å². The van der Waals surface area contributed by atoms with Crippen molar-refractivity contribution in [2.45, 2.75) is 12.7 Å². The number of alkyl halides is 3. The van der Waals surface area contributed by atoms with Gasteiger partial charge in [0.15, 0.2) is 0 Å². The number of hydrogen-bond acceptors (Lipinski definition) is 2. The van der Waals surface area contributed by atoms with Crippen molar-refractivity contribution in [3.05, 3.63) is 80.6 Å². The first kappa shape index (κ1) is 19.0. The van der Waals surface area contributed by atoms with Crippen molar-refractivity contribution in [1.82, 2.24) is 4.98 Å². The van der Waals surface area contributed by atoms with E-state index in [0.29, 0.717) is 22.7 Å². The van der Waals surface area contributed by atoms with Crippen LogP contribution in [-0.4, -0.2) is 4.98 Å². The highest BCUT2D eigenvalue weighted by atomic mass is 127. The Morgan fingerprint density at radius 3 is 2.54 bits per heavy atom.